The predicted octanol–water partition coefficient (Wildman–Crippen LogP) is 5.01. The summed E-state index contributed by atoms with van der Waals surface area (Å²) in [6, 6.07) is 21.3. The molecule has 1 heterocycles. The van der Waals surface area contributed by atoms with Crippen molar-refractivity contribution in [1.82, 2.24) is 4.98 Å². The van der Waals surface area contributed by atoms with E-state index in [9.17, 15) is 9.59 Å². The minimum absolute atomic E-state index is 0.0286. The molecule has 0 aliphatic heterocycles. The van der Waals surface area contributed by atoms with Gasteiger partial charge in [-0.2, -0.15) is 0 Å². The van der Waals surface area contributed by atoms with E-state index in [0.29, 0.717) is 5.69 Å². The number of carboxylic acid groups (broad SMARTS) is 2. The number of fused-ring (bicyclic) bond motifs is 2. The van der Waals surface area contributed by atoms with Crippen LogP contribution in [0, 0.1) is 0 Å². The molecule has 1 atom stereocenters. The van der Waals surface area contributed by atoms with Crippen molar-refractivity contribution in [3.05, 3.63) is 72.3 Å². The maximum Gasteiger partial charge on any atom is 0.332 e. The summed E-state index contributed by atoms with van der Waals surface area (Å²) in [5.74, 6) is -1.93. The molecule has 1 aromatic heterocycles. The predicted molar refractivity (Wildman–Crippen MR) is 132 cm³/mol. The van der Waals surface area contributed by atoms with Gasteiger partial charge in [-0.05, 0) is 42.8 Å². The molecule has 0 bridgehead atoms. The number of aromatic nitrogens is 1. The minimum atomic E-state index is -1.04. The summed E-state index contributed by atoms with van der Waals surface area (Å²) in [6.45, 7) is 1.83. The van der Waals surface area contributed by atoms with Crippen LogP contribution in [0.1, 0.15) is 18.9 Å². The van der Waals surface area contributed by atoms with Crippen LogP contribution in [-0.4, -0.2) is 39.8 Å². The number of anilines is 3. The van der Waals surface area contributed by atoms with Gasteiger partial charge in [-0.15, -0.1) is 0 Å². The van der Waals surface area contributed by atoms with E-state index in [0.717, 1.165) is 38.7 Å². The summed E-state index contributed by atoms with van der Waals surface area (Å²) < 4.78 is 5.47. The van der Waals surface area contributed by atoms with Crippen LogP contribution in [0.5, 0.6) is 0 Å². The Labute approximate surface area is 196 Å². The molecule has 4 rings (SSSR count). The van der Waals surface area contributed by atoms with Gasteiger partial charge >= 0.3 is 11.9 Å². The Morgan fingerprint density at radius 2 is 1.56 bits per heavy atom. The number of carbonyl (C=O) groups is 2. The molecule has 4 aromatic rings. The molecule has 3 aromatic carbocycles. The van der Waals surface area contributed by atoms with Crippen molar-refractivity contribution >= 4 is 50.8 Å². The maximum absolute atomic E-state index is 11.1. The topological polar surface area (TPSA) is 121 Å². The molecule has 174 valence electrons. The van der Waals surface area contributed by atoms with Crippen LogP contribution in [0.4, 0.5) is 17.1 Å². The van der Waals surface area contributed by atoms with E-state index < -0.39 is 18.0 Å². The molecule has 0 saturated carbocycles. The molecule has 0 fully saturated rings. The van der Waals surface area contributed by atoms with Gasteiger partial charge < -0.3 is 25.6 Å². The Balaban J connectivity index is 1.72. The van der Waals surface area contributed by atoms with E-state index in [2.05, 4.69) is 10.6 Å². The summed E-state index contributed by atoms with van der Waals surface area (Å²) >= 11 is 0. The number of benzene rings is 3. The number of hydrogen-bond donors (Lipinski definition) is 4. The molecule has 0 spiro atoms. The van der Waals surface area contributed by atoms with Gasteiger partial charge in [-0.3, -0.25) is 4.79 Å². The molecule has 0 saturated heterocycles. The van der Waals surface area contributed by atoms with Gasteiger partial charge in [-0.1, -0.05) is 36.4 Å². The van der Waals surface area contributed by atoms with Crippen LogP contribution >= 0.6 is 0 Å². The first-order valence-electron chi connectivity index (χ1n) is 10.9. The number of nitrogens with zero attached hydrogens (tertiary/aromatic N) is 1. The Bertz CT molecular complexity index is 1300. The average molecular weight is 460 g/mol. The zero-order chi connectivity index (χ0) is 24.1. The second kappa shape index (κ2) is 10.2. The van der Waals surface area contributed by atoms with Gasteiger partial charge in [0.1, 0.15) is 0 Å². The van der Waals surface area contributed by atoms with Crippen molar-refractivity contribution in [3.63, 3.8) is 0 Å². The van der Waals surface area contributed by atoms with E-state index in [1.807, 2.05) is 66.7 Å². The molecule has 4 N–H and O–H groups in total. The van der Waals surface area contributed by atoms with Crippen molar-refractivity contribution in [2.24, 2.45) is 0 Å². The highest BCUT2D eigenvalue weighted by Crippen LogP contribution is 2.34. The molecule has 0 aliphatic carbocycles. The Kier molecular flexibility index (Phi) is 6.89. The van der Waals surface area contributed by atoms with E-state index >= 15 is 0 Å². The molecule has 0 amide bonds. The minimum Gasteiger partial charge on any atom is -0.481 e. The highest BCUT2D eigenvalue weighted by molar-refractivity contribution is 6.08. The second-order valence-electron chi connectivity index (χ2n) is 7.93. The highest BCUT2D eigenvalue weighted by Gasteiger charge is 2.13. The van der Waals surface area contributed by atoms with Crippen molar-refractivity contribution in [3.8, 4) is 0 Å². The SMILES string of the molecule is CC(OCc1cc(NCCC(=O)O)cc(Nc2c3ccccc3nc3ccccc23)c1)C(=O)O. The lowest BCUT2D eigenvalue weighted by atomic mass is 10.1. The molecule has 0 radical (unpaired) electrons. The van der Waals surface area contributed by atoms with E-state index in [1.54, 1.807) is 0 Å². The summed E-state index contributed by atoms with van der Waals surface area (Å²) in [5, 5.41) is 26.6. The third-order valence-corrected chi connectivity index (χ3v) is 5.37. The monoisotopic (exact) mass is 459 g/mol. The van der Waals surface area contributed by atoms with Crippen molar-refractivity contribution in [1.29, 1.82) is 0 Å². The zero-order valence-electron chi connectivity index (χ0n) is 18.6. The molecule has 8 nitrogen and oxygen atoms in total. The van der Waals surface area contributed by atoms with Crippen LogP contribution in [0.2, 0.25) is 0 Å². The summed E-state index contributed by atoms with van der Waals surface area (Å²) in [7, 11) is 0. The fourth-order valence-corrected chi connectivity index (χ4v) is 3.67. The second-order valence-corrected chi connectivity index (χ2v) is 7.93. The molecule has 34 heavy (non-hydrogen) atoms. The smallest absolute Gasteiger partial charge is 0.332 e. The first-order valence-corrected chi connectivity index (χ1v) is 10.9. The number of nitrogens with one attached hydrogen (secondary N) is 2. The van der Waals surface area contributed by atoms with Gasteiger partial charge in [0.2, 0.25) is 0 Å². The molecular formula is C26H25N3O5. The third kappa shape index (κ3) is 5.41. The number of ether oxygens (including phenoxy) is 1. The fourth-order valence-electron chi connectivity index (χ4n) is 3.67. The summed E-state index contributed by atoms with van der Waals surface area (Å²) in [5.41, 5.74) is 4.82. The van der Waals surface area contributed by atoms with E-state index in [-0.39, 0.29) is 19.6 Å². The molecule has 0 aliphatic rings. The lowest BCUT2D eigenvalue weighted by molar-refractivity contribution is -0.149. The highest BCUT2D eigenvalue weighted by atomic mass is 16.5. The fraction of sp³-hybridized carbons (Fsp3) is 0.192. The number of aliphatic carboxylic acids is 2. The number of carboxylic acids is 2. The van der Waals surface area contributed by atoms with Crippen molar-refractivity contribution in [2.45, 2.75) is 26.1 Å². The van der Waals surface area contributed by atoms with Gasteiger partial charge in [0.05, 0.1) is 29.7 Å². The quantitative estimate of drug-likeness (QED) is 0.244. The summed E-state index contributed by atoms with van der Waals surface area (Å²) in [4.78, 5) is 26.8. The third-order valence-electron chi connectivity index (χ3n) is 5.37. The number of hydrogen-bond acceptors (Lipinski definition) is 6. The Hall–Kier alpha value is -4.17. The maximum atomic E-state index is 11.1. The number of pyridine rings is 1. The van der Waals surface area contributed by atoms with Crippen LogP contribution in [0.15, 0.2) is 66.7 Å². The van der Waals surface area contributed by atoms with Gasteiger partial charge in [-0.25, -0.2) is 9.78 Å². The number of rotatable bonds is 10. The van der Waals surface area contributed by atoms with Crippen LogP contribution in [0.3, 0.4) is 0 Å². The van der Waals surface area contributed by atoms with E-state index in [4.69, 9.17) is 19.9 Å². The van der Waals surface area contributed by atoms with Crippen molar-refractivity contribution in [2.75, 3.05) is 17.2 Å². The molecule has 8 heteroatoms. The largest absolute Gasteiger partial charge is 0.481 e. The van der Waals surface area contributed by atoms with Crippen LogP contribution in [-0.2, 0) is 20.9 Å². The standard InChI is InChI=1S/C26H25N3O5/c1-16(26(32)33)34-15-17-12-18(27-11-10-24(30)31)14-19(13-17)28-25-20-6-2-4-8-22(20)29-23-9-5-3-7-21(23)25/h2-9,12-14,16,27H,10-11,15H2,1H3,(H,28,29)(H,30,31)(H,32,33). The van der Waals surface area contributed by atoms with Crippen LogP contribution < -0.4 is 10.6 Å². The summed E-state index contributed by atoms with van der Waals surface area (Å²) in [6.07, 6.45) is -0.979. The average Bonchev–Trinajstić information content (AvgIpc) is 2.82. The number of para-hydroxylation sites is 2. The first kappa shape index (κ1) is 23.0. The Morgan fingerprint density at radius 1 is 0.941 bits per heavy atom. The van der Waals surface area contributed by atoms with Gasteiger partial charge in [0.15, 0.2) is 6.10 Å². The lowest BCUT2D eigenvalue weighted by Crippen LogP contribution is -2.19. The lowest BCUT2D eigenvalue weighted by Gasteiger charge is -2.17. The first-order chi connectivity index (χ1) is 16.4. The molecule has 1 unspecified atom stereocenters. The Morgan fingerprint density at radius 3 is 2.18 bits per heavy atom. The molecular weight excluding hydrogens is 434 g/mol. The van der Waals surface area contributed by atoms with Gasteiger partial charge in [0, 0.05) is 28.7 Å². The van der Waals surface area contributed by atoms with E-state index in [1.165, 1.54) is 6.92 Å². The van der Waals surface area contributed by atoms with Gasteiger partial charge in [0.25, 0.3) is 0 Å². The normalized spacial score (nSPS) is 11.9. The zero-order valence-corrected chi connectivity index (χ0v) is 18.6. The van der Waals surface area contributed by atoms with Crippen molar-refractivity contribution < 1.29 is 24.5 Å². The van der Waals surface area contributed by atoms with Crippen LogP contribution in [0.25, 0.3) is 21.8 Å².